The van der Waals surface area contributed by atoms with E-state index in [4.69, 9.17) is 0 Å². The van der Waals surface area contributed by atoms with Gasteiger partial charge in [0.1, 0.15) is 0 Å². The van der Waals surface area contributed by atoms with E-state index in [9.17, 15) is 9.59 Å². The average Bonchev–Trinajstić information content (AvgIpc) is 2.81. The van der Waals surface area contributed by atoms with E-state index in [1.54, 1.807) is 6.92 Å². The van der Waals surface area contributed by atoms with Crippen molar-refractivity contribution in [1.82, 2.24) is 15.1 Å². The van der Waals surface area contributed by atoms with Gasteiger partial charge in [-0.1, -0.05) is 20.8 Å². The number of carbonyl (C=O) groups excluding carboxylic acids is 2. The second kappa shape index (κ2) is 8.91. The highest BCUT2D eigenvalue weighted by Crippen LogP contribution is 2.34. The summed E-state index contributed by atoms with van der Waals surface area (Å²) >= 11 is 0. The number of hydrogen-bond donors (Lipinski definition) is 1. The van der Waals surface area contributed by atoms with Gasteiger partial charge in [0.05, 0.1) is 0 Å². The molecule has 0 radical (unpaired) electrons. The molecule has 144 valence electrons. The number of nitrogens with one attached hydrogen (secondary N) is 1. The van der Waals surface area contributed by atoms with Crippen molar-refractivity contribution < 1.29 is 9.59 Å². The summed E-state index contributed by atoms with van der Waals surface area (Å²) < 4.78 is 0. The van der Waals surface area contributed by atoms with Crippen LogP contribution in [0.25, 0.3) is 0 Å². The molecule has 3 amide bonds. The van der Waals surface area contributed by atoms with Gasteiger partial charge in [-0.15, -0.1) is 0 Å². The molecule has 0 unspecified atom stereocenters. The fraction of sp³-hybridized carbons (Fsp3) is 0.900. The molecule has 0 spiro atoms. The Morgan fingerprint density at radius 1 is 0.960 bits per heavy atom. The van der Waals surface area contributed by atoms with Crippen LogP contribution in [0.5, 0.6) is 0 Å². The van der Waals surface area contributed by atoms with Crippen molar-refractivity contribution in [2.24, 2.45) is 17.3 Å². The maximum atomic E-state index is 12.5. The third-order valence-corrected chi connectivity index (χ3v) is 6.13. The summed E-state index contributed by atoms with van der Waals surface area (Å²) in [5.41, 5.74) is 0.335. The number of nitrogens with zero attached hydrogens (tertiary/aromatic N) is 2. The first kappa shape index (κ1) is 20.1. The Labute approximate surface area is 153 Å². The maximum Gasteiger partial charge on any atom is 0.317 e. The van der Waals surface area contributed by atoms with Crippen molar-refractivity contribution in [3.8, 4) is 0 Å². The molecule has 0 saturated carbocycles. The summed E-state index contributed by atoms with van der Waals surface area (Å²) in [6, 6.07) is 0.107. The summed E-state index contributed by atoms with van der Waals surface area (Å²) in [7, 11) is 0. The largest absolute Gasteiger partial charge is 0.343 e. The van der Waals surface area contributed by atoms with Gasteiger partial charge in [0.25, 0.3) is 0 Å². The molecule has 25 heavy (non-hydrogen) atoms. The first-order valence-electron chi connectivity index (χ1n) is 10.1. The van der Waals surface area contributed by atoms with Gasteiger partial charge >= 0.3 is 6.03 Å². The van der Waals surface area contributed by atoms with Crippen molar-refractivity contribution in [2.75, 3.05) is 32.7 Å². The van der Waals surface area contributed by atoms with E-state index in [-0.39, 0.29) is 11.9 Å². The lowest BCUT2D eigenvalue weighted by atomic mass is 9.77. The van der Waals surface area contributed by atoms with E-state index < -0.39 is 0 Å². The predicted octanol–water partition coefficient (Wildman–Crippen LogP) is 3.49. The van der Waals surface area contributed by atoms with Gasteiger partial charge in [0.15, 0.2) is 0 Å². The SMILES string of the molecule is CC(=O)N1CCC(CCNC(=O)N2CCC[C@H](C(C)(C)C)CC2)CC1. The summed E-state index contributed by atoms with van der Waals surface area (Å²) in [6.07, 6.45) is 6.59. The van der Waals surface area contributed by atoms with Crippen LogP contribution in [-0.2, 0) is 4.79 Å². The van der Waals surface area contributed by atoms with Crippen molar-refractivity contribution in [3.05, 3.63) is 0 Å². The molecule has 0 bridgehead atoms. The second-order valence-electron chi connectivity index (χ2n) is 8.95. The van der Waals surface area contributed by atoms with Crippen molar-refractivity contribution in [1.29, 1.82) is 0 Å². The van der Waals surface area contributed by atoms with Crippen LogP contribution in [0.2, 0.25) is 0 Å². The van der Waals surface area contributed by atoms with Gasteiger partial charge in [-0.3, -0.25) is 4.79 Å². The highest BCUT2D eigenvalue weighted by Gasteiger charge is 2.28. The van der Waals surface area contributed by atoms with Crippen LogP contribution in [0, 0.1) is 17.3 Å². The minimum absolute atomic E-state index is 0.107. The Morgan fingerprint density at radius 3 is 2.20 bits per heavy atom. The zero-order chi connectivity index (χ0) is 18.4. The van der Waals surface area contributed by atoms with Crippen LogP contribution < -0.4 is 5.32 Å². The molecule has 2 saturated heterocycles. The Balaban J connectivity index is 1.66. The lowest BCUT2D eigenvalue weighted by Crippen LogP contribution is -2.42. The maximum absolute atomic E-state index is 12.5. The van der Waals surface area contributed by atoms with Crippen molar-refractivity contribution >= 4 is 11.9 Å². The Hall–Kier alpha value is -1.26. The summed E-state index contributed by atoms with van der Waals surface area (Å²) in [5.74, 6) is 1.52. The lowest BCUT2D eigenvalue weighted by Gasteiger charge is -2.31. The monoisotopic (exact) mass is 351 g/mol. The van der Waals surface area contributed by atoms with Crippen LogP contribution in [0.4, 0.5) is 4.79 Å². The van der Waals surface area contributed by atoms with Crippen molar-refractivity contribution in [2.45, 2.75) is 66.2 Å². The van der Waals surface area contributed by atoms with Gasteiger partial charge in [-0.25, -0.2) is 4.79 Å². The topological polar surface area (TPSA) is 52.7 Å². The standard InChI is InChI=1S/C20H37N3O2/c1-16(24)22-13-8-17(9-14-22)7-11-21-19(25)23-12-5-6-18(10-15-23)20(2,3)4/h17-18H,5-15H2,1-4H3,(H,21,25)/t18-/m0/s1. The van der Waals surface area contributed by atoms with Gasteiger partial charge < -0.3 is 15.1 Å². The molecule has 1 N–H and O–H groups in total. The molecule has 2 rings (SSSR count). The normalized spacial score (nSPS) is 23.3. The molecule has 5 nitrogen and oxygen atoms in total. The number of likely N-dealkylation sites (tertiary alicyclic amines) is 2. The van der Waals surface area contributed by atoms with E-state index in [2.05, 4.69) is 26.1 Å². The molecular weight excluding hydrogens is 314 g/mol. The van der Waals surface area contributed by atoms with E-state index in [0.29, 0.717) is 17.3 Å². The molecule has 1 atom stereocenters. The van der Waals surface area contributed by atoms with E-state index in [0.717, 1.165) is 64.8 Å². The molecule has 2 aliphatic heterocycles. The molecule has 2 fully saturated rings. The Morgan fingerprint density at radius 2 is 1.60 bits per heavy atom. The van der Waals surface area contributed by atoms with Gasteiger partial charge in [0, 0.05) is 39.6 Å². The summed E-state index contributed by atoms with van der Waals surface area (Å²) in [5, 5.41) is 3.12. The molecule has 2 heterocycles. The first-order chi connectivity index (χ1) is 11.8. The van der Waals surface area contributed by atoms with Gasteiger partial charge in [-0.2, -0.15) is 0 Å². The minimum Gasteiger partial charge on any atom is -0.343 e. The summed E-state index contributed by atoms with van der Waals surface area (Å²) in [4.78, 5) is 27.7. The average molecular weight is 352 g/mol. The molecule has 0 aromatic heterocycles. The number of carbonyl (C=O) groups is 2. The van der Waals surface area contributed by atoms with E-state index >= 15 is 0 Å². The number of piperidine rings is 1. The first-order valence-corrected chi connectivity index (χ1v) is 10.1. The molecular formula is C20H37N3O2. The molecule has 0 aromatic rings. The number of urea groups is 1. The van der Waals surface area contributed by atoms with Crippen LogP contribution in [0.3, 0.4) is 0 Å². The number of amides is 3. The van der Waals surface area contributed by atoms with E-state index in [1.807, 2.05) is 9.80 Å². The Kier molecular flexibility index (Phi) is 7.14. The zero-order valence-corrected chi connectivity index (χ0v) is 16.6. The second-order valence-corrected chi connectivity index (χ2v) is 8.95. The van der Waals surface area contributed by atoms with Gasteiger partial charge in [0.2, 0.25) is 5.91 Å². The Bertz CT molecular complexity index is 450. The molecule has 0 aromatic carbocycles. The van der Waals surface area contributed by atoms with Crippen molar-refractivity contribution in [3.63, 3.8) is 0 Å². The molecule has 2 aliphatic rings. The zero-order valence-electron chi connectivity index (χ0n) is 16.6. The number of rotatable bonds is 3. The van der Waals surface area contributed by atoms with Gasteiger partial charge in [-0.05, 0) is 55.8 Å². The smallest absolute Gasteiger partial charge is 0.317 e. The number of hydrogen-bond acceptors (Lipinski definition) is 2. The highest BCUT2D eigenvalue weighted by atomic mass is 16.2. The van der Waals surface area contributed by atoms with Crippen LogP contribution in [0.1, 0.15) is 66.2 Å². The fourth-order valence-corrected chi connectivity index (χ4v) is 4.20. The van der Waals surface area contributed by atoms with Crippen LogP contribution >= 0.6 is 0 Å². The molecule has 5 heteroatoms. The molecule has 0 aliphatic carbocycles. The fourth-order valence-electron chi connectivity index (χ4n) is 4.20. The quantitative estimate of drug-likeness (QED) is 0.846. The lowest BCUT2D eigenvalue weighted by molar-refractivity contribution is -0.130. The minimum atomic E-state index is 0.107. The third-order valence-electron chi connectivity index (χ3n) is 6.13. The third kappa shape index (κ3) is 6.19. The highest BCUT2D eigenvalue weighted by molar-refractivity contribution is 5.74. The van der Waals surface area contributed by atoms with Crippen LogP contribution in [-0.4, -0.2) is 54.5 Å². The predicted molar refractivity (Wildman–Crippen MR) is 101 cm³/mol. The van der Waals surface area contributed by atoms with Crippen LogP contribution in [0.15, 0.2) is 0 Å². The van der Waals surface area contributed by atoms with E-state index in [1.165, 1.54) is 6.42 Å². The summed E-state index contributed by atoms with van der Waals surface area (Å²) in [6.45, 7) is 12.8.